The summed E-state index contributed by atoms with van der Waals surface area (Å²) in [6.07, 6.45) is 5.72. The third kappa shape index (κ3) is 4.86. The number of aryl methyl sites for hydroxylation is 1. The molecule has 0 bridgehead atoms. The summed E-state index contributed by atoms with van der Waals surface area (Å²) in [5.41, 5.74) is 2.25. The number of hydrogen-bond acceptors (Lipinski definition) is 5. The van der Waals surface area contributed by atoms with Crippen LogP contribution in [-0.2, 0) is 26.5 Å². The number of sulfone groups is 1. The van der Waals surface area contributed by atoms with Gasteiger partial charge in [-0.25, -0.2) is 8.42 Å². The Morgan fingerprint density at radius 2 is 1.88 bits per heavy atom. The second-order valence-corrected chi connectivity index (χ2v) is 13.5. The van der Waals surface area contributed by atoms with Gasteiger partial charge in [0.2, 0.25) is 0 Å². The lowest BCUT2D eigenvalue weighted by Gasteiger charge is -2.54. The summed E-state index contributed by atoms with van der Waals surface area (Å²) in [4.78, 5) is 7.30. The normalized spacial score (nSPS) is 25.7. The third-order valence-electron chi connectivity index (χ3n) is 7.72. The van der Waals surface area contributed by atoms with E-state index in [2.05, 4.69) is 49.7 Å². The number of likely N-dealkylation sites (tertiary alicyclic amines) is 1. The minimum absolute atomic E-state index is 0.0304. The van der Waals surface area contributed by atoms with Crippen LogP contribution >= 0.6 is 11.6 Å². The number of ether oxygens (including phenoxy) is 1. The Balaban J connectivity index is 1.55. The van der Waals surface area contributed by atoms with Gasteiger partial charge in [-0.15, -0.1) is 0 Å². The molecule has 2 saturated heterocycles. The van der Waals surface area contributed by atoms with Crippen molar-refractivity contribution in [3.8, 4) is 0 Å². The van der Waals surface area contributed by atoms with Crippen LogP contribution in [0.5, 0.6) is 0 Å². The maximum absolute atomic E-state index is 11.8. The van der Waals surface area contributed by atoms with E-state index in [0.29, 0.717) is 0 Å². The summed E-state index contributed by atoms with van der Waals surface area (Å²) in [6.45, 7) is 11.9. The smallest absolute Gasteiger partial charge is 0.177 e. The zero-order valence-electron chi connectivity index (χ0n) is 20.3. The molecule has 180 valence electrons. The first-order chi connectivity index (χ1) is 15.3. The average molecular weight is 491 g/mol. The largest absolute Gasteiger partial charge is 0.376 e. The molecule has 2 aromatic rings. The van der Waals surface area contributed by atoms with Gasteiger partial charge in [0.25, 0.3) is 0 Å². The molecule has 0 spiro atoms. The van der Waals surface area contributed by atoms with Gasteiger partial charge in [-0.3, -0.25) is 9.88 Å². The van der Waals surface area contributed by atoms with Crippen LogP contribution in [0, 0.1) is 10.8 Å². The van der Waals surface area contributed by atoms with Crippen LogP contribution in [0.4, 0.5) is 0 Å². The van der Waals surface area contributed by atoms with Gasteiger partial charge in [0, 0.05) is 46.1 Å². The van der Waals surface area contributed by atoms with Crippen molar-refractivity contribution in [1.82, 2.24) is 9.88 Å². The van der Waals surface area contributed by atoms with E-state index < -0.39 is 9.84 Å². The molecular weight excluding hydrogens is 456 g/mol. The molecule has 0 radical (unpaired) electrons. The molecule has 0 saturated carbocycles. The lowest BCUT2D eigenvalue weighted by molar-refractivity contribution is -0.224. The van der Waals surface area contributed by atoms with E-state index in [1.165, 1.54) is 18.0 Å². The summed E-state index contributed by atoms with van der Waals surface area (Å²) < 4.78 is 29.8. The predicted molar refractivity (Wildman–Crippen MR) is 132 cm³/mol. The van der Waals surface area contributed by atoms with Crippen molar-refractivity contribution in [2.75, 3.05) is 26.0 Å². The van der Waals surface area contributed by atoms with Gasteiger partial charge in [0.15, 0.2) is 9.84 Å². The van der Waals surface area contributed by atoms with E-state index in [9.17, 15) is 8.42 Å². The molecule has 4 rings (SSSR count). The van der Waals surface area contributed by atoms with Gasteiger partial charge in [0.05, 0.1) is 17.6 Å². The highest BCUT2D eigenvalue weighted by Crippen LogP contribution is 2.53. The number of benzene rings is 1. The van der Waals surface area contributed by atoms with Crippen LogP contribution in [0.3, 0.4) is 0 Å². The van der Waals surface area contributed by atoms with Crippen LogP contribution in [0.25, 0.3) is 0 Å². The van der Waals surface area contributed by atoms with E-state index in [-0.39, 0.29) is 27.4 Å². The lowest BCUT2D eigenvalue weighted by Crippen LogP contribution is -2.59. The standard InChI is InChI=1S/C26H35ClN2O3S/c1-24(2)18-32-23(24)26(13-12-21-10-11-22(16-28-21)33(5,30)31)14-15-29(17-26)25(3,4)19-6-8-20(27)9-7-19/h6-11,16,23H,12-15,17-18H2,1-5H3/t23-,26+/m0/s1. The second kappa shape index (κ2) is 8.63. The van der Waals surface area contributed by atoms with Crippen molar-refractivity contribution in [2.24, 2.45) is 10.8 Å². The Hall–Kier alpha value is -1.47. The van der Waals surface area contributed by atoms with Gasteiger partial charge in [0.1, 0.15) is 0 Å². The molecule has 1 aromatic carbocycles. The summed E-state index contributed by atoms with van der Waals surface area (Å²) in [6, 6.07) is 11.7. The Kier molecular flexibility index (Phi) is 6.45. The topological polar surface area (TPSA) is 59.5 Å². The van der Waals surface area contributed by atoms with E-state index in [4.69, 9.17) is 16.3 Å². The van der Waals surface area contributed by atoms with Gasteiger partial charge in [-0.05, 0) is 69.5 Å². The number of nitrogens with zero attached hydrogens (tertiary/aromatic N) is 2. The van der Waals surface area contributed by atoms with Crippen LogP contribution in [0.15, 0.2) is 47.5 Å². The minimum Gasteiger partial charge on any atom is -0.376 e. The monoisotopic (exact) mass is 490 g/mol. The van der Waals surface area contributed by atoms with Crippen LogP contribution < -0.4 is 0 Å². The Labute approximate surface area is 203 Å². The van der Waals surface area contributed by atoms with E-state index >= 15 is 0 Å². The SMILES string of the molecule is CC1(C)CO[C@@H]1[C@]1(CCc2ccc(S(C)(=O)=O)cn2)CCN(C(C)(C)c2ccc(Cl)cc2)C1. The molecule has 2 fully saturated rings. The molecule has 2 aliphatic rings. The molecule has 1 aromatic heterocycles. The second-order valence-electron chi connectivity index (χ2n) is 11.0. The molecular formula is C26H35ClN2O3S. The Morgan fingerprint density at radius 1 is 1.18 bits per heavy atom. The van der Waals surface area contributed by atoms with Crippen LogP contribution in [0.2, 0.25) is 5.02 Å². The van der Waals surface area contributed by atoms with Crippen molar-refractivity contribution in [3.63, 3.8) is 0 Å². The maximum atomic E-state index is 11.8. The highest BCUT2D eigenvalue weighted by Gasteiger charge is 2.57. The summed E-state index contributed by atoms with van der Waals surface area (Å²) in [7, 11) is -3.24. The number of hydrogen-bond donors (Lipinski definition) is 0. The van der Waals surface area contributed by atoms with Gasteiger partial charge in [-0.1, -0.05) is 37.6 Å². The first kappa shape index (κ1) is 24.6. The minimum atomic E-state index is -3.24. The molecule has 33 heavy (non-hydrogen) atoms. The number of rotatable bonds is 7. The van der Waals surface area contributed by atoms with Crippen molar-refractivity contribution in [1.29, 1.82) is 0 Å². The van der Waals surface area contributed by atoms with Crippen molar-refractivity contribution in [2.45, 2.75) is 63.5 Å². The third-order valence-corrected chi connectivity index (χ3v) is 9.07. The van der Waals surface area contributed by atoms with Crippen molar-refractivity contribution in [3.05, 3.63) is 58.9 Å². The van der Waals surface area contributed by atoms with Gasteiger partial charge >= 0.3 is 0 Å². The van der Waals surface area contributed by atoms with Crippen LogP contribution in [0.1, 0.15) is 51.8 Å². The molecule has 0 aliphatic carbocycles. The molecule has 0 N–H and O–H groups in total. The summed E-state index contributed by atoms with van der Waals surface area (Å²) in [5.74, 6) is 0. The molecule has 2 aliphatic heterocycles. The molecule has 0 amide bonds. The maximum Gasteiger partial charge on any atom is 0.177 e. The molecule has 3 heterocycles. The Morgan fingerprint density at radius 3 is 2.39 bits per heavy atom. The van der Waals surface area contributed by atoms with Crippen LogP contribution in [-0.4, -0.2) is 50.4 Å². The summed E-state index contributed by atoms with van der Waals surface area (Å²) >= 11 is 6.13. The lowest BCUT2D eigenvalue weighted by atomic mass is 9.64. The predicted octanol–water partition coefficient (Wildman–Crippen LogP) is 5.12. The van der Waals surface area contributed by atoms with Gasteiger partial charge in [-0.2, -0.15) is 0 Å². The molecule has 5 nitrogen and oxygen atoms in total. The molecule has 2 atom stereocenters. The first-order valence-electron chi connectivity index (χ1n) is 11.6. The zero-order chi connectivity index (χ0) is 24.1. The quantitative estimate of drug-likeness (QED) is 0.538. The fourth-order valence-electron chi connectivity index (χ4n) is 5.62. The molecule has 7 heteroatoms. The number of aromatic nitrogens is 1. The average Bonchev–Trinajstić information content (AvgIpc) is 3.17. The number of pyridine rings is 1. The zero-order valence-corrected chi connectivity index (χ0v) is 21.8. The summed E-state index contributed by atoms with van der Waals surface area (Å²) in [5, 5.41) is 0.754. The van der Waals surface area contributed by atoms with Crippen molar-refractivity contribution < 1.29 is 13.2 Å². The number of halogens is 1. The highest BCUT2D eigenvalue weighted by molar-refractivity contribution is 7.90. The van der Waals surface area contributed by atoms with Crippen molar-refractivity contribution >= 4 is 21.4 Å². The fraction of sp³-hybridized carbons (Fsp3) is 0.577. The highest BCUT2D eigenvalue weighted by atomic mass is 35.5. The van der Waals surface area contributed by atoms with E-state index in [1.807, 2.05) is 18.2 Å². The van der Waals surface area contributed by atoms with Gasteiger partial charge < -0.3 is 4.74 Å². The van der Waals surface area contributed by atoms with E-state index in [1.54, 1.807) is 6.07 Å². The Bertz CT molecular complexity index is 1100. The van der Waals surface area contributed by atoms with E-state index in [0.717, 1.165) is 49.7 Å². The molecule has 0 unspecified atom stereocenters. The fourth-order valence-corrected chi connectivity index (χ4v) is 6.31. The first-order valence-corrected chi connectivity index (χ1v) is 13.9.